The SMILES string of the molecule is Cc1ccc(O[C@H](C)CNC(=O)CCN2CCCC2=O)cc1. The maximum atomic E-state index is 11.8. The first-order valence-corrected chi connectivity index (χ1v) is 7.82. The van der Waals surface area contributed by atoms with Gasteiger partial charge in [0.05, 0.1) is 6.54 Å². The topological polar surface area (TPSA) is 58.6 Å². The molecular formula is C17H24N2O3. The second-order valence-electron chi connectivity index (χ2n) is 5.78. The Balaban J connectivity index is 1.64. The molecule has 0 bridgehead atoms. The Labute approximate surface area is 131 Å². The summed E-state index contributed by atoms with van der Waals surface area (Å²) in [7, 11) is 0. The predicted molar refractivity (Wildman–Crippen MR) is 84.7 cm³/mol. The first-order valence-electron chi connectivity index (χ1n) is 7.82. The molecule has 0 aliphatic carbocycles. The van der Waals surface area contributed by atoms with Crippen molar-refractivity contribution in [2.24, 2.45) is 0 Å². The van der Waals surface area contributed by atoms with Crippen LogP contribution in [0.25, 0.3) is 0 Å². The standard InChI is InChI=1S/C17H24N2O3/c1-13-5-7-15(8-6-13)22-14(2)12-18-16(20)9-11-19-10-3-4-17(19)21/h5-8,14H,3-4,9-12H2,1-2H3,(H,18,20)/t14-/m1/s1. The molecule has 1 fully saturated rings. The van der Waals surface area contributed by atoms with Crippen molar-refractivity contribution >= 4 is 11.8 Å². The molecule has 2 amide bonds. The lowest BCUT2D eigenvalue weighted by molar-refractivity contribution is -0.128. The third-order valence-electron chi connectivity index (χ3n) is 3.73. The fourth-order valence-corrected chi connectivity index (χ4v) is 2.41. The number of rotatable bonds is 7. The molecule has 0 saturated carbocycles. The van der Waals surface area contributed by atoms with Gasteiger partial charge in [0.15, 0.2) is 0 Å². The number of ether oxygens (including phenoxy) is 1. The van der Waals surface area contributed by atoms with Crippen LogP contribution in [0.1, 0.15) is 31.7 Å². The molecule has 5 heteroatoms. The molecular weight excluding hydrogens is 280 g/mol. The summed E-state index contributed by atoms with van der Waals surface area (Å²) in [6.07, 6.45) is 1.77. The van der Waals surface area contributed by atoms with Gasteiger partial charge in [-0.2, -0.15) is 0 Å². The Morgan fingerprint density at radius 3 is 2.73 bits per heavy atom. The summed E-state index contributed by atoms with van der Waals surface area (Å²) in [6, 6.07) is 7.83. The van der Waals surface area contributed by atoms with Gasteiger partial charge in [-0.15, -0.1) is 0 Å². The summed E-state index contributed by atoms with van der Waals surface area (Å²) in [4.78, 5) is 25.0. The Kier molecular flexibility index (Phi) is 5.81. The van der Waals surface area contributed by atoms with Crippen molar-refractivity contribution < 1.29 is 14.3 Å². The monoisotopic (exact) mass is 304 g/mol. The van der Waals surface area contributed by atoms with E-state index in [1.54, 1.807) is 4.90 Å². The molecule has 0 aromatic heterocycles. The lowest BCUT2D eigenvalue weighted by Gasteiger charge is -2.17. The summed E-state index contributed by atoms with van der Waals surface area (Å²) < 4.78 is 5.74. The van der Waals surface area contributed by atoms with Crippen LogP contribution in [-0.4, -0.2) is 42.5 Å². The van der Waals surface area contributed by atoms with Gasteiger partial charge in [0.25, 0.3) is 0 Å². The van der Waals surface area contributed by atoms with Crippen molar-refractivity contribution in [1.82, 2.24) is 10.2 Å². The number of hydrogen-bond donors (Lipinski definition) is 1. The summed E-state index contributed by atoms with van der Waals surface area (Å²) in [5.41, 5.74) is 1.18. The van der Waals surface area contributed by atoms with E-state index in [2.05, 4.69) is 5.32 Å². The molecule has 120 valence electrons. The smallest absolute Gasteiger partial charge is 0.222 e. The van der Waals surface area contributed by atoms with Crippen LogP contribution in [0, 0.1) is 6.92 Å². The highest BCUT2D eigenvalue weighted by molar-refractivity contribution is 5.80. The average Bonchev–Trinajstić information content (AvgIpc) is 2.91. The number of benzene rings is 1. The average molecular weight is 304 g/mol. The van der Waals surface area contributed by atoms with E-state index in [-0.39, 0.29) is 17.9 Å². The van der Waals surface area contributed by atoms with Crippen LogP contribution in [0.15, 0.2) is 24.3 Å². The van der Waals surface area contributed by atoms with Gasteiger partial charge in [0, 0.05) is 25.9 Å². The van der Waals surface area contributed by atoms with E-state index in [1.807, 2.05) is 38.1 Å². The fraction of sp³-hybridized carbons (Fsp3) is 0.529. The molecule has 1 N–H and O–H groups in total. The van der Waals surface area contributed by atoms with Gasteiger partial charge in [-0.05, 0) is 32.4 Å². The number of nitrogens with one attached hydrogen (secondary N) is 1. The van der Waals surface area contributed by atoms with Crippen LogP contribution >= 0.6 is 0 Å². The van der Waals surface area contributed by atoms with Gasteiger partial charge < -0.3 is 15.0 Å². The van der Waals surface area contributed by atoms with Gasteiger partial charge in [0.1, 0.15) is 11.9 Å². The van der Waals surface area contributed by atoms with E-state index in [9.17, 15) is 9.59 Å². The van der Waals surface area contributed by atoms with Crippen LogP contribution in [0.3, 0.4) is 0 Å². The van der Waals surface area contributed by atoms with Gasteiger partial charge >= 0.3 is 0 Å². The lowest BCUT2D eigenvalue weighted by Crippen LogP contribution is -2.36. The molecule has 22 heavy (non-hydrogen) atoms. The van der Waals surface area contributed by atoms with Gasteiger partial charge in [0.2, 0.25) is 11.8 Å². The third-order valence-corrected chi connectivity index (χ3v) is 3.73. The highest BCUT2D eigenvalue weighted by atomic mass is 16.5. The molecule has 1 aliphatic heterocycles. The predicted octanol–water partition coefficient (Wildman–Crippen LogP) is 1.89. The van der Waals surface area contributed by atoms with E-state index in [0.717, 1.165) is 18.7 Å². The van der Waals surface area contributed by atoms with Crippen molar-refractivity contribution in [2.75, 3.05) is 19.6 Å². The number of aryl methyl sites for hydroxylation is 1. The van der Waals surface area contributed by atoms with Gasteiger partial charge in [-0.1, -0.05) is 17.7 Å². The van der Waals surface area contributed by atoms with E-state index in [4.69, 9.17) is 4.74 Å². The molecule has 0 radical (unpaired) electrons. The minimum Gasteiger partial charge on any atom is -0.489 e. The number of nitrogens with zero attached hydrogens (tertiary/aromatic N) is 1. The Morgan fingerprint density at radius 2 is 2.09 bits per heavy atom. The molecule has 1 aliphatic rings. The zero-order valence-corrected chi connectivity index (χ0v) is 13.3. The highest BCUT2D eigenvalue weighted by Crippen LogP contribution is 2.13. The molecule has 5 nitrogen and oxygen atoms in total. The third kappa shape index (κ3) is 5.06. The molecule has 2 rings (SSSR count). The first-order chi connectivity index (χ1) is 10.5. The van der Waals surface area contributed by atoms with Crippen LogP contribution in [0.2, 0.25) is 0 Å². The van der Waals surface area contributed by atoms with Crippen molar-refractivity contribution in [2.45, 2.75) is 39.2 Å². The van der Waals surface area contributed by atoms with Crippen LogP contribution in [-0.2, 0) is 9.59 Å². The maximum absolute atomic E-state index is 11.8. The van der Waals surface area contributed by atoms with Gasteiger partial charge in [-0.25, -0.2) is 0 Å². The van der Waals surface area contributed by atoms with Crippen molar-refractivity contribution in [1.29, 1.82) is 0 Å². The second kappa shape index (κ2) is 7.82. The van der Waals surface area contributed by atoms with E-state index in [1.165, 1.54) is 5.56 Å². The lowest BCUT2D eigenvalue weighted by atomic mass is 10.2. The number of amides is 2. The largest absolute Gasteiger partial charge is 0.489 e. The van der Waals surface area contributed by atoms with Crippen molar-refractivity contribution in [3.63, 3.8) is 0 Å². The Hall–Kier alpha value is -2.04. The summed E-state index contributed by atoms with van der Waals surface area (Å²) in [5, 5.41) is 2.85. The molecule has 1 saturated heterocycles. The Morgan fingerprint density at radius 1 is 1.36 bits per heavy atom. The normalized spacial score (nSPS) is 15.7. The van der Waals surface area contributed by atoms with Crippen LogP contribution in [0.4, 0.5) is 0 Å². The molecule has 1 atom stereocenters. The molecule has 0 unspecified atom stereocenters. The zero-order chi connectivity index (χ0) is 15.9. The van der Waals surface area contributed by atoms with Crippen molar-refractivity contribution in [3.05, 3.63) is 29.8 Å². The Bertz CT molecular complexity index is 513. The minimum atomic E-state index is -0.0972. The van der Waals surface area contributed by atoms with Crippen LogP contribution < -0.4 is 10.1 Å². The van der Waals surface area contributed by atoms with Gasteiger partial charge in [-0.3, -0.25) is 9.59 Å². The fourth-order valence-electron chi connectivity index (χ4n) is 2.41. The van der Waals surface area contributed by atoms with Crippen LogP contribution in [0.5, 0.6) is 5.75 Å². The highest BCUT2D eigenvalue weighted by Gasteiger charge is 2.20. The first kappa shape index (κ1) is 16.3. The number of likely N-dealkylation sites (tertiary alicyclic amines) is 1. The number of carbonyl (C=O) groups is 2. The van der Waals surface area contributed by atoms with Crippen molar-refractivity contribution in [3.8, 4) is 5.75 Å². The quantitative estimate of drug-likeness (QED) is 0.837. The van der Waals surface area contributed by atoms with E-state index < -0.39 is 0 Å². The second-order valence-corrected chi connectivity index (χ2v) is 5.78. The zero-order valence-electron chi connectivity index (χ0n) is 13.3. The maximum Gasteiger partial charge on any atom is 0.222 e. The minimum absolute atomic E-state index is 0.0425. The van der Waals surface area contributed by atoms with E-state index >= 15 is 0 Å². The summed E-state index contributed by atoms with van der Waals surface area (Å²) >= 11 is 0. The molecule has 1 heterocycles. The summed E-state index contributed by atoms with van der Waals surface area (Å²) in [6.45, 7) is 5.69. The summed E-state index contributed by atoms with van der Waals surface area (Å²) in [5.74, 6) is 0.915. The number of carbonyl (C=O) groups excluding carboxylic acids is 2. The number of hydrogen-bond acceptors (Lipinski definition) is 3. The van der Waals surface area contributed by atoms with E-state index in [0.29, 0.717) is 25.9 Å². The molecule has 1 aromatic rings. The molecule has 0 spiro atoms. The molecule has 1 aromatic carbocycles.